The lowest BCUT2D eigenvalue weighted by atomic mass is 9.95. The van der Waals surface area contributed by atoms with E-state index in [2.05, 4.69) is 17.0 Å². The molecular weight excluding hydrogens is 328 g/mol. The van der Waals surface area contributed by atoms with Gasteiger partial charge >= 0.3 is 0 Å². The van der Waals surface area contributed by atoms with E-state index in [4.69, 9.17) is 9.47 Å². The molecule has 144 valence electrons. The number of hydrogen-bond donors (Lipinski definition) is 0. The first kappa shape index (κ1) is 19.2. The number of para-hydroxylation sites is 1. The predicted octanol–water partition coefficient (Wildman–Crippen LogP) is 2.44. The predicted molar refractivity (Wildman–Crippen MR) is 102 cm³/mol. The van der Waals surface area contributed by atoms with Crippen molar-refractivity contribution in [3.05, 3.63) is 29.8 Å². The Hall–Kier alpha value is -1.59. The van der Waals surface area contributed by atoms with Gasteiger partial charge in [0.15, 0.2) is 0 Å². The first-order chi connectivity index (χ1) is 12.7. The number of carbonyl (C=O) groups is 1. The highest BCUT2D eigenvalue weighted by Crippen LogP contribution is 2.22. The van der Waals surface area contributed by atoms with Gasteiger partial charge in [-0.05, 0) is 56.3 Å². The number of likely N-dealkylation sites (tertiary alicyclic amines) is 1. The molecule has 1 unspecified atom stereocenters. The average Bonchev–Trinajstić information content (AvgIpc) is 3.21. The number of nitrogens with zero attached hydrogens (tertiary/aromatic N) is 2. The third kappa shape index (κ3) is 4.98. The maximum atomic E-state index is 12.4. The summed E-state index contributed by atoms with van der Waals surface area (Å²) in [6.45, 7) is 5.53. The molecule has 2 aliphatic rings. The molecule has 2 fully saturated rings. The second-order valence-electron chi connectivity index (χ2n) is 7.63. The van der Waals surface area contributed by atoms with Crippen LogP contribution in [-0.4, -0.2) is 69.3 Å². The molecule has 1 atom stereocenters. The molecule has 2 heterocycles. The van der Waals surface area contributed by atoms with Crippen molar-refractivity contribution >= 4 is 5.91 Å². The second-order valence-corrected chi connectivity index (χ2v) is 7.63. The lowest BCUT2D eigenvalue weighted by molar-refractivity contribution is -0.134. The van der Waals surface area contributed by atoms with Crippen molar-refractivity contribution in [2.75, 3.05) is 53.6 Å². The van der Waals surface area contributed by atoms with E-state index < -0.39 is 0 Å². The molecule has 0 N–H and O–H groups in total. The van der Waals surface area contributed by atoms with Crippen molar-refractivity contribution in [1.82, 2.24) is 9.80 Å². The molecule has 0 spiro atoms. The van der Waals surface area contributed by atoms with Gasteiger partial charge in [-0.25, -0.2) is 0 Å². The molecule has 2 aliphatic heterocycles. The van der Waals surface area contributed by atoms with Crippen molar-refractivity contribution in [1.29, 1.82) is 0 Å². The largest absolute Gasteiger partial charge is 0.496 e. The van der Waals surface area contributed by atoms with E-state index in [9.17, 15) is 4.79 Å². The van der Waals surface area contributed by atoms with Crippen molar-refractivity contribution < 1.29 is 14.3 Å². The van der Waals surface area contributed by atoms with Crippen LogP contribution in [0.5, 0.6) is 5.75 Å². The Morgan fingerprint density at radius 3 is 2.73 bits per heavy atom. The number of piperidine rings is 1. The van der Waals surface area contributed by atoms with Crippen LogP contribution in [0.3, 0.4) is 0 Å². The summed E-state index contributed by atoms with van der Waals surface area (Å²) in [7, 11) is 3.69. The second kappa shape index (κ2) is 9.38. The zero-order valence-corrected chi connectivity index (χ0v) is 16.2. The Labute approximate surface area is 157 Å². The standard InChI is InChI=1S/C21H32N2O3/c1-22(21(24)19-10-14-26-16-19)15-17-7-11-23(12-8-17)13-9-18-5-3-4-6-20(18)25-2/h3-6,17,19H,7-16H2,1-2H3. The number of methoxy groups -OCH3 is 1. The van der Waals surface area contributed by atoms with E-state index >= 15 is 0 Å². The smallest absolute Gasteiger partial charge is 0.227 e. The zero-order valence-electron chi connectivity index (χ0n) is 16.2. The highest BCUT2D eigenvalue weighted by molar-refractivity contribution is 5.78. The number of rotatable bonds is 7. The summed E-state index contributed by atoms with van der Waals surface area (Å²) in [6.07, 6.45) is 4.24. The van der Waals surface area contributed by atoms with Gasteiger partial charge in [0.05, 0.1) is 19.6 Å². The molecule has 1 aromatic carbocycles. The van der Waals surface area contributed by atoms with Gasteiger partial charge in [0.1, 0.15) is 5.75 Å². The molecule has 5 nitrogen and oxygen atoms in total. The summed E-state index contributed by atoms with van der Waals surface area (Å²) in [5, 5.41) is 0. The molecule has 26 heavy (non-hydrogen) atoms. The summed E-state index contributed by atoms with van der Waals surface area (Å²) in [5.41, 5.74) is 1.28. The quantitative estimate of drug-likeness (QED) is 0.749. The Bertz CT molecular complexity index is 578. The van der Waals surface area contributed by atoms with Gasteiger partial charge < -0.3 is 19.3 Å². The van der Waals surface area contributed by atoms with Crippen LogP contribution in [0.2, 0.25) is 0 Å². The Morgan fingerprint density at radius 1 is 1.27 bits per heavy atom. The molecule has 0 aromatic heterocycles. The fraction of sp³-hybridized carbons (Fsp3) is 0.667. The number of carbonyl (C=O) groups excluding carboxylic acids is 1. The number of hydrogen-bond acceptors (Lipinski definition) is 4. The first-order valence-corrected chi connectivity index (χ1v) is 9.84. The first-order valence-electron chi connectivity index (χ1n) is 9.84. The molecule has 0 radical (unpaired) electrons. The van der Waals surface area contributed by atoms with Crippen LogP contribution >= 0.6 is 0 Å². The van der Waals surface area contributed by atoms with Gasteiger partial charge in [0.2, 0.25) is 5.91 Å². The third-order valence-electron chi connectivity index (χ3n) is 5.78. The van der Waals surface area contributed by atoms with E-state index in [-0.39, 0.29) is 11.8 Å². The average molecular weight is 360 g/mol. The monoisotopic (exact) mass is 360 g/mol. The topological polar surface area (TPSA) is 42.0 Å². The van der Waals surface area contributed by atoms with Gasteiger partial charge in [-0.15, -0.1) is 0 Å². The third-order valence-corrected chi connectivity index (χ3v) is 5.78. The van der Waals surface area contributed by atoms with Crippen LogP contribution in [-0.2, 0) is 16.0 Å². The minimum absolute atomic E-state index is 0.0842. The SMILES string of the molecule is COc1ccccc1CCN1CCC(CN(C)C(=O)C2CCOC2)CC1. The Morgan fingerprint density at radius 2 is 2.04 bits per heavy atom. The maximum Gasteiger partial charge on any atom is 0.227 e. The van der Waals surface area contributed by atoms with Crippen LogP contribution in [0.1, 0.15) is 24.8 Å². The van der Waals surface area contributed by atoms with Crippen LogP contribution in [0.15, 0.2) is 24.3 Å². The van der Waals surface area contributed by atoms with Gasteiger partial charge in [0, 0.05) is 26.7 Å². The van der Waals surface area contributed by atoms with E-state index in [1.807, 2.05) is 24.1 Å². The van der Waals surface area contributed by atoms with Gasteiger partial charge in [0.25, 0.3) is 0 Å². The summed E-state index contributed by atoms with van der Waals surface area (Å²) in [4.78, 5) is 16.9. The van der Waals surface area contributed by atoms with E-state index in [0.717, 1.165) is 51.4 Å². The summed E-state index contributed by atoms with van der Waals surface area (Å²) >= 11 is 0. The van der Waals surface area contributed by atoms with Crippen LogP contribution in [0, 0.1) is 11.8 Å². The highest BCUT2D eigenvalue weighted by Gasteiger charge is 2.28. The van der Waals surface area contributed by atoms with Crippen LogP contribution < -0.4 is 4.74 Å². The van der Waals surface area contributed by atoms with E-state index in [1.165, 1.54) is 18.4 Å². The lowest BCUT2D eigenvalue weighted by Gasteiger charge is -2.34. The summed E-state index contributed by atoms with van der Waals surface area (Å²) < 4.78 is 10.8. The van der Waals surface area contributed by atoms with Crippen LogP contribution in [0.4, 0.5) is 0 Å². The minimum atomic E-state index is 0.0842. The molecule has 0 bridgehead atoms. The molecule has 0 saturated carbocycles. The molecular formula is C21H32N2O3. The number of amides is 1. The Balaban J connectivity index is 1.39. The molecule has 1 aromatic rings. The summed E-state index contributed by atoms with van der Waals surface area (Å²) in [5.74, 6) is 1.95. The fourth-order valence-electron chi connectivity index (χ4n) is 4.10. The van der Waals surface area contributed by atoms with Crippen molar-refractivity contribution in [3.63, 3.8) is 0 Å². The number of ether oxygens (including phenoxy) is 2. The van der Waals surface area contributed by atoms with Crippen molar-refractivity contribution in [2.45, 2.75) is 25.7 Å². The van der Waals surface area contributed by atoms with Gasteiger partial charge in [-0.1, -0.05) is 18.2 Å². The van der Waals surface area contributed by atoms with E-state index in [0.29, 0.717) is 12.5 Å². The molecule has 3 rings (SSSR count). The van der Waals surface area contributed by atoms with Crippen molar-refractivity contribution in [3.8, 4) is 5.75 Å². The lowest BCUT2D eigenvalue weighted by Crippen LogP contribution is -2.41. The highest BCUT2D eigenvalue weighted by atomic mass is 16.5. The molecule has 0 aliphatic carbocycles. The van der Waals surface area contributed by atoms with Gasteiger partial charge in [-0.3, -0.25) is 4.79 Å². The fourth-order valence-corrected chi connectivity index (χ4v) is 4.10. The van der Waals surface area contributed by atoms with Crippen LogP contribution in [0.25, 0.3) is 0 Å². The Kier molecular flexibility index (Phi) is 6.92. The molecule has 5 heteroatoms. The maximum absolute atomic E-state index is 12.4. The number of benzene rings is 1. The van der Waals surface area contributed by atoms with Crippen molar-refractivity contribution in [2.24, 2.45) is 11.8 Å². The minimum Gasteiger partial charge on any atom is -0.496 e. The normalized spacial score (nSPS) is 21.7. The molecule has 2 saturated heterocycles. The molecule has 1 amide bonds. The van der Waals surface area contributed by atoms with Gasteiger partial charge in [-0.2, -0.15) is 0 Å². The summed E-state index contributed by atoms with van der Waals surface area (Å²) in [6, 6.07) is 8.28. The zero-order chi connectivity index (χ0) is 18.4. The van der Waals surface area contributed by atoms with E-state index in [1.54, 1.807) is 7.11 Å².